The molecule has 0 spiro atoms. The summed E-state index contributed by atoms with van der Waals surface area (Å²) in [6.45, 7) is 0. The summed E-state index contributed by atoms with van der Waals surface area (Å²) in [6, 6.07) is 11.1. The fourth-order valence-corrected chi connectivity index (χ4v) is 2.47. The molecule has 1 unspecified atom stereocenters. The fraction of sp³-hybridized carbons (Fsp3) is 0.0714. The van der Waals surface area contributed by atoms with Gasteiger partial charge in [0.2, 0.25) is 0 Å². The van der Waals surface area contributed by atoms with E-state index in [1.54, 1.807) is 18.3 Å². The Balaban J connectivity index is 1.86. The minimum absolute atomic E-state index is 0.313. The Hall–Kier alpha value is -2.12. The predicted molar refractivity (Wildman–Crippen MR) is 90.6 cm³/mol. The molecule has 1 aromatic carbocycles. The topological polar surface area (TPSA) is 88.9 Å². The second-order valence-corrected chi connectivity index (χ2v) is 5.81. The van der Waals surface area contributed by atoms with Crippen molar-refractivity contribution in [3.63, 3.8) is 0 Å². The monoisotopic (exact) mass is 376 g/mol. The number of aromatic nitrogens is 2. The molecule has 1 aromatic heterocycles. The van der Waals surface area contributed by atoms with Crippen LogP contribution in [0.1, 0.15) is 17.2 Å². The van der Waals surface area contributed by atoms with Crippen molar-refractivity contribution >= 4 is 45.4 Å². The molecule has 110 valence electrons. The number of aliphatic imine (C=N–C) groups is 1. The third kappa shape index (κ3) is 3.20. The lowest BCUT2D eigenvalue weighted by atomic mass is 10.0. The maximum atomic E-state index is 5.89. The molecule has 1 atom stereocenters. The molecule has 6 nitrogen and oxygen atoms in total. The van der Waals surface area contributed by atoms with E-state index in [2.05, 4.69) is 41.3 Å². The van der Waals surface area contributed by atoms with E-state index in [4.69, 9.17) is 17.3 Å². The van der Waals surface area contributed by atoms with Gasteiger partial charge in [-0.2, -0.15) is 5.10 Å². The second kappa shape index (κ2) is 6.33. The van der Waals surface area contributed by atoms with E-state index in [-0.39, 0.29) is 0 Å². The van der Waals surface area contributed by atoms with Crippen molar-refractivity contribution in [2.45, 2.75) is 5.92 Å². The van der Waals surface area contributed by atoms with Gasteiger partial charge in [-0.3, -0.25) is 0 Å². The van der Waals surface area contributed by atoms with Gasteiger partial charge in [0.25, 0.3) is 0 Å². The van der Waals surface area contributed by atoms with Gasteiger partial charge in [-0.25, -0.2) is 4.99 Å². The van der Waals surface area contributed by atoms with Gasteiger partial charge in [-0.05, 0) is 29.8 Å². The summed E-state index contributed by atoms with van der Waals surface area (Å²) in [5.41, 5.74) is 7.42. The maximum absolute atomic E-state index is 5.89. The Kier molecular flexibility index (Phi) is 4.26. The molecule has 1 aliphatic heterocycles. The minimum Gasteiger partial charge on any atom is -0.385 e. The molecule has 0 bridgehead atoms. The molecule has 8 heteroatoms. The number of hydrogen-bond donors (Lipinski definition) is 1. The van der Waals surface area contributed by atoms with Gasteiger partial charge in [0.05, 0.1) is 5.69 Å². The molecule has 0 aliphatic carbocycles. The number of rotatable bonds is 2. The quantitative estimate of drug-likeness (QED) is 0.816. The van der Waals surface area contributed by atoms with Crippen molar-refractivity contribution in [3.8, 4) is 0 Å². The molecule has 0 fully saturated rings. The van der Waals surface area contributed by atoms with Crippen LogP contribution in [-0.4, -0.2) is 28.1 Å². The Morgan fingerprint density at radius 1 is 1.18 bits per heavy atom. The highest BCUT2D eigenvalue weighted by Gasteiger charge is 2.28. The lowest BCUT2D eigenvalue weighted by molar-refractivity contribution is 0.934. The standard InChI is InChI=1S/C14H10BrClN6/c15-9-3-1-2-8(6-9)7-18-14-12(13(17)21-22-14)10-4-5-11(16)20-19-10/h1-7,12H,(H2,17,21). The van der Waals surface area contributed by atoms with Crippen molar-refractivity contribution in [3.05, 3.63) is 57.3 Å². The largest absolute Gasteiger partial charge is 0.385 e. The van der Waals surface area contributed by atoms with Crippen LogP contribution in [0.25, 0.3) is 0 Å². The molecule has 0 saturated heterocycles. The van der Waals surface area contributed by atoms with Crippen LogP contribution in [0.5, 0.6) is 0 Å². The maximum Gasteiger partial charge on any atom is 0.167 e. The number of amidine groups is 2. The number of nitrogens with two attached hydrogens (primary N) is 1. The van der Waals surface area contributed by atoms with Crippen LogP contribution in [0, 0.1) is 0 Å². The Morgan fingerprint density at radius 3 is 2.77 bits per heavy atom. The summed E-state index contributed by atoms with van der Waals surface area (Å²) in [7, 11) is 0. The highest BCUT2D eigenvalue weighted by atomic mass is 79.9. The van der Waals surface area contributed by atoms with Crippen LogP contribution < -0.4 is 5.73 Å². The smallest absolute Gasteiger partial charge is 0.167 e. The molecule has 1 aliphatic rings. The molecule has 3 rings (SSSR count). The molecule has 2 heterocycles. The van der Waals surface area contributed by atoms with Gasteiger partial charge >= 0.3 is 0 Å². The first-order chi connectivity index (χ1) is 10.6. The zero-order valence-corrected chi connectivity index (χ0v) is 13.5. The molecule has 0 amide bonds. The van der Waals surface area contributed by atoms with E-state index >= 15 is 0 Å². The van der Waals surface area contributed by atoms with Crippen molar-refractivity contribution in [1.82, 2.24) is 10.2 Å². The van der Waals surface area contributed by atoms with Crippen molar-refractivity contribution < 1.29 is 0 Å². The van der Waals surface area contributed by atoms with E-state index in [0.717, 1.165) is 10.0 Å². The molecule has 22 heavy (non-hydrogen) atoms. The number of nitrogens with zero attached hydrogens (tertiary/aromatic N) is 5. The van der Waals surface area contributed by atoms with Gasteiger partial charge in [-0.1, -0.05) is 39.7 Å². The van der Waals surface area contributed by atoms with E-state index < -0.39 is 5.92 Å². The first kappa shape index (κ1) is 14.8. The fourth-order valence-electron chi connectivity index (χ4n) is 1.95. The summed E-state index contributed by atoms with van der Waals surface area (Å²) in [6.07, 6.45) is 1.70. The van der Waals surface area contributed by atoms with Crippen molar-refractivity contribution in [1.29, 1.82) is 0 Å². The molecule has 2 aromatic rings. The average Bonchev–Trinajstić information content (AvgIpc) is 2.87. The summed E-state index contributed by atoms with van der Waals surface area (Å²) in [5.74, 6) is 0.389. The summed E-state index contributed by atoms with van der Waals surface area (Å²) >= 11 is 9.16. The van der Waals surface area contributed by atoms with Crippen LogP contribution in [-0.2, 0) is 0 Å². The Bertz CT molecular complexity index is 784. The second-order valence-electron chi connectivity index (χ2n) is 4.51. The lowest BCUT2D eigenvalue weighted by Crippen LogP contribution is -2.25. The number of halogens is 2. The van der Waals surface area contributed by atoms with Crippen LogP contribution in [0.15, 0.2) is 56.1 Å². The normalized spacial score (nSPS) is 17.6. The minimum atomic E-state index is -0.409. The zero-order chi connectivity index (χ0) is 15.5. The van der Waals surface area contributed by atoms with Crippen LogP contribution in [0.3, 0.4) is 0 Å². The van der Waals surface area contributed by atoms with E-state index in [1.807, 2.05) is 24.3 Å². The molecular weight excluding hydrogens is 368 g/mol. The van der Waals surface area contributed by atoms with Gasteiger partial charge in [0.1, 0.15) is 11.8 Å². The Labute approximate surface area is 140 Å². The molecule has 0 radical (unpaired) electrons. The first-order valence-corrected chi connectivity index (χ1v) is 7.50. The van der Waals surface area contributed by atoms with E-state index in [9.17, 15) is 0 Å². The average molecular weight is 378 g/mol. The molecule has 2 N–H and O–H groups in total. The predicted octanol–water partition coefficient (Wildman–Crippen LogP) is 2.78. The lowest BCUT2D eigenvalue weighted by Gasteiger charge is -2.08. The van der Waals surface area contributed by atoms with E-state index in [0.29, 0.717) is 22.5 Å². The number of hydrogen-bond acceptors (Lipinski definition) is 6. The van der Waals surface area contributed by atoms with E-state index in [1.165, 1.54) is 0 Å². The first-order valence-electron chi connectivity index (χ1n) is 6.33. The van der Waals surface area contributed by atoms with Crippen LogP contribution in [0.4, 0.5) is 0 Å². The zero-order valence-electron chi connectivity index (χ0n) is 11.2. The van der Waals surface area contributed by atoms with Crippen molar-refractivity contribution in [2.24, 2.45) is 20.9 Å². The highest BCUT2D eigenvalue weighted by molar-refractivity contribution is 9.10. The third-order valence-corrected chi connectivity index (χ3v) is 3.66. The number of benzene rings is 1. The van der Waals surface area contributed by atoms with Gasteiger partial charge in [0, 0.05) is 10.7 Å². The third-order valence-electron chi connectivity index (χ3n) is 2.96. The van der Waals surface area contributed by atoms with Crippen LogP contribution >= 0.6 is 27.5 Å². The van der Waals surface area contributed by atoms with Crippen LogP contribution in [0.2, 0.25) is 5.15 Å². The molecule has 0 saturated carbocycles. The summed E-state index contributed by atoms with van der Waals surface area (Å²) in [5, 5.41) is 16.0. The SMILES string of the molecule is NC1=NN=C(N=Cc2cccc(Br)c2)C1c1ccc(Cl)nn1. The molecular formula is C14H10BrClN6. The Morgan fingerprint density at radius 2 is 2.05 bits per heavy atom. The van der Waals surface area contributed by atoms with Gasteiger partial charge in [0.15, 0.2) is 11.0 Å². The summed E-state index contributed by atoms with van der Waals surface area (Å²) < 4.78 is 0.973. The summed E-state index contributed by atoms with van der Waals surface area (Å²) in [4.78, 5) is 4.37. The van der Waals surface area contributed by atoms with Gasteiger partial charge < -0.3 is 5.73 Å². The van der Waals surface area contributed by atoms with Crippen molar-refractivity contribution in [2.75, 3.05) is 0 Å². The van der Waals surface area contributed by atoms with Gasteiger partial charge in [-0.15, -0.1) is 15.3 Å². The highest BCUT2D eigenvalue weighted by Crippen LogP contribution is 2.22.